The summed E-state index contributed by atoms with van der Waals surface area (Å²) in [5.41, 5.74) is 7.09. The predicted octanol–water partition coefficient (Wildman–Crippen LogP) is 3.20. The van der Waals surface area contributed by atoms with Crippen molar-refractivity contribution in [3.63, 3.8) is 0 Å². The predicted molar refractivity (Wildman–Crippen MR) is 104 cm³/mol. The Balaban J connectivity index is 1.55. The molecular formula is C19H18FN3O3S. The molecule has 6 nitrogen and oxygen atoms in total. The zero-order chi connectivity index (χ0) is 19.4. The molecule has 3 rings (SSSR count). The van der Waals surface area contributed by atoms with Crippen molar-refractivity contribution in [1.29, 1.82) is 0 Å². The molecule has 0 radical (unpaired) electrons. The zero-order valence-electron chi connectivity index (χ0n) is 14.8. The Hall–Kier alpha value is -3.13. The van der Waals surface area contributed by atoms with E-state index in [-0.39, 0.29) is 16.7 Å². The number of ether oxygens (including phenoxy) is 1. The number of carbonyl (C=O) groups is 1. The zero-order valence-corrected chi connectivity index (χ0v) is 15.6. The summed E-state index contributed by atoms with van der Waals surface area (Å²) in [6, 6.07) is 11.6. The highest BCUT2D eigenvalue weighted by Crippen LogP contribution is 2.25. The van der Waals surface area contributed by atoms with Gasteiger partial charge in [0.1, 0.15) is 17.1 Å². The van der Waals surface area contributed by atoms with E-state index in [0.29, 0.717) is 23.1 Å². The van der Waals surface area contributed by atoms with Crippen LogP contribution < -0.4 is 20.9 Å². The van der Waals surface area contributed by atoms with Gasteiger partial charge in [0, 0.05) is 17.5 Å². The van der Waals surface area contributed by atoms with Gasteiger partial charge in [-0.3, -0.25) is 15.6 Å². The number of methoxy groups -OCH3 is 1. The van der Waals surface area contributed by atoms with Gasteiger partial charge in [-0.1, -0.05) is 12.1 Å². The second kappa shape index (κ2) is 8.05. The fourth-order valence-corrected chi connectivity index (χ4v) is 2.67. The maximum atomic E-state index is 13.4. The van der Waals surface area contributed by atoms with Crippen LogP contribution in [0.1, 0.15) is 21.7 Å². The molecule has 0 saturated carbocycles. The number of hydrazine groups is 1. The van der Waals surface area contributed by atoms with E-state index >= 15 is 0 Å². The van der Waals surface area contributed by atoms with Gasteiger partial charge in [-0.05, 0) is 55.0 Å². The number of nitrogens with one attached hydrogen (secondary N) is 3. The molecule has 140 valence electrons. The smallest absolute Gasteiger partial charge is 0.305 e. The van der Waals surface area contributed by atoms with Crippen molar-refractivity contribution in [2.45, 2.75) is 13.5 Å². The Morgan fingerprint density at radius 2 is 1.93 bits per heavy atom. The number of aryl methyl sites for hydroxylation is 1. The highest BCUT2D eigenvalue weighted by atomic mass is 32.1. The molecule has 8 heteroatoms. The third-order valence-electron chi connectivity index (χ3n) is 4.01. The molecule has 27 heavy (non-hydrogen) atoms. The number of carbonyl (C=O) groups excluding carboxylic acids is 1. The van der Waals surface area contributed by atoms with Crippen molar-refractivity contribution < 1.29 is 18.3 Å². The number of amides is 1. The fourth-order valence-electron chi connectivity index (χ4n) is 2.55. The second-order valence-corrected chi connectivity index (χ2v) is 6.21. The molecule has 0 fully saturated rings. The number of thiocarbonyl (C=S) groups is 1. The van der Waals surface area contributed by atoms with E-state index in [4.69, 9.17) is 21.4 Å². The number of hydrogen-bond donors (Lipinski definition) is 3. The standard InChI is InChI=1S/C19H18FN3O3S/c1-11-15-9-13(20)5-8-16(15)26-17(11)18(24)22-23-19(27)21-10-12-3-6-14(25-2)7-4-12/h3-9H,10H2,1-2H3,(H,22,24)(H2,21,23,27). The van der Waals surface area contributed by atoms with Crippen LogP contribution in [-0.2, 0) is 6.54 Å². The lowest BCUT2D eigenvalue weighted by atomic mass is 10.1. The van der Waals surface area contributed by atoms with Crippen molar-refractivity contribution in [2.24, 2.45) is 0 Å². The average Bonchev–Trinajstić information content (AvgIpc) is 3.01. The highest BCUT2D eigenvalue weighted by Gasteiger charge is 2.18. The van der Waals surface area contributed by atoms with Crippen LogP contribution in [0.3, 0.4) is 0 Å². The van der Waals surface area contributed by atoms with Gasteiger partial charge in [0.15, 0.2) is 10.9 Å². The van der Waals surface area contributed by atoms with Gasteiger partial charge in [0.2, 0.25) is 0 Å². The van der Waals surface area contributed by atoms with E-state index in [2.05, 4.69) is 16.2 Å². The molecule has 0 aliphatic carbocycles. The quantitative estimate of drug-likeness (QED) is 0.472. The van der Waals surface area contributed by atoms with Gasteiger partial charge in [0.05, 0.1) is 7.11 Å². The molecule has 3 aromatic rings. The first kappa shape index (κ1) is 18.7. The third-order valence-corrected chi connectivity index (χ3v) is 4.25. The summed E-state index contributed by atoms with van der Waals surface area (Å²) in [6.45, 7) is 2.18. The summed E-state index contributed by atoms with van der Waals surface area (Å²) in [5.74, 6) is -0.0213. The molecule has 0 aliphatic heterocycles. The monoisotopic (exact) mass is 387 g/mol. The minimum absolute atomic E-state index is 0.0982. The Morgan fingerprint density at radius 1 is 1.19 bits per heavy atom. The van der Waals surface area contributed by atoms with Gasteiger partial charge in [0.25, 0.3) is 0 Å². The van der Waals surface area contributed by atoms with Crippen LogP contribution in [0, 0.1) is 12.7 Å². The van der Waals surface area contributed by atoms with Crippen LogP contribution in [0.5, 0.6) is 5.75 Å². The number of rotatable bonds is 4. The Labute approximate surface area is 160 Å². The highest BCUT2D eigenvalue weighted by molar-refractivity contribution is 7.80. The third kappa shape index (κ3) is 4.35. The molecule has 0 saturated heterocycles. The van der Waals surface area contributed by atoms with Crippen LogP contribution in [0.2, 0.25) is 0 Å². The summed E-state index contributed by atoms with van der Waals surface area (Å²) in [6.07, 6.45) is 0. The van der Waals surface area contributed by atoms with Crippen molar-refractivity contribution in [3.05, 3.63) is 65.2 Å². The van der Waals surface area contributed by atoms with E-state index in [9.17, 15) is 9.18 Å². The van der Waals surface area contributed by atoms with Crippen molar-refractivity contribution in [1.82, 2.24) is 16.2 Å². The lowest BCUT2D eigenvalue weighted by molar-refractivity contribution is 0.0917. The first-order valence-electron chi connectivity index (χ1n) is 8.13. The van der Waals surface area contributed by atoms with E-state index in [1.165, 1.54) is 18.2 Å². The molecule has 1 aromatic heterocycles. The number of benzene rings is 2. The van der Waals surface area contributed by atoms with E-state index in [0.717, 1.165) is 11.3 Å². The van der Waals surface area contributed by atoms with Gasteiger partial charge >= 0.3 is 5.91 Å². The maximum absolute atomic E-state index is 13.4. The van der Waals surface area contributed by atoms with E-state index in [1.807, 2.05) is 24.3 Å². The summed E-state index contributed by atoms with van der Waals surface area (Å²) >= 11 is 5.14. The minimum atomic E-state index is -0.502. The fraction of sp³-hybridized carbons (Fsp3) is 0.158. The van der Waals surface area contributed by atoms with Gasteiger partial charge in [-0.15, -0.1) is 0 Å². The number of hydrogen-bond acceptors (Lipinski definition) is 4. The lowest BCUT2D eigenvalue weighted by Gasteiger charge is -2.11. The van der Waals surface area contributed by atoms with Crippen LogP contribution >= 0.6 is 12.2 Å². The summed E-state index contributed by atoms with van der Waals surface area (Å²) in [4.78, 5) is 12.3. The molecule has 0 unspecified atom stereocenters. The molecule has 2 aromatic carbocycles. The Morgan fingerprint density at radius 3 is 2.63 bits per heavy atom. The molecular weight excluding hydrogens is 369 g/mol. The van der Waals surface area contributed by atoms with Crippen LogP contribution in [0.15, 0.2) is 46.9 Å². The topological polar surface area (TPSA) is 75.5 Å². The molecule has 3 N–H and O–H groups in total. The van der Waals surface area contributed by atoms with Crippen LogP contribution in [-0.4, -0.2) is 18.1 Å². The Bertz CT molecular complexity index is 986. The Kier molecular flexibility index (Phi) is 5.56. The largest absolute Gasteiger partial charge is 0.497 e. The summed E-state index contributed by atoms with van der Waals surface area (Å²) < 4.78 is 24.0. The molecule has 0 atom stereocenters. The first-order chi connectivity index (χ1) is 13.0. The van der Waals surface area contributed by atoms with Crippen LogP contribution in [0.25, 0.3) is 11.0 Å². The number of halogens is 1. The second-order valence-electron chi connectivity index (χ2n) is 5.81. The summed E-state index contributed by atoms with van der Waals surface area (Å²) in [5, 5.41) is 3.78. The SMILES string of the molecule is COc1ccc(CNC(=S)NNC(=O)c2oc3ccc(F)cc3c2C)cc1. The molecule has 0 bridgehead atoms. The average molecular weight is 387 g/mol. The molecule has 0 spiro atoms. The number of furan rings is 1. The number of fused-ring (bicyclic) bond motifs is 1. The molecule has 1 heterocycles. The summed E-state index contributed by atoms with van der Waals surface area (Å²) in [7, 11) is 1.61. The van der Waals surface area contributed by atoms with Gasteiger partial charge in [-0.25, -0.2) is 4.39 Å². The first-order valence-corrected chi connectivity index (χ1v) is 8.54. The van der Waals surface area contributed by atoms with Crippen molar-refractivity contribution in [3.8, 4) is 5.75 Å². The van der Waals surface area contributed by atoms with Gasteiger partial charge in [-0.2, -0.15) is 0 Å². The van der Waals surface area contributed by atoms with Crippen molar-refractivity contribution in [2.75, 3.05) is 7.11 Å². The molecule has 1 amide bonds. The van der Waals surface area contributed by atoms with E-state index < -0.39 is 5.91 Å². The van der Waals surface area contributed by atoms with Gasteiger partial charge < -0.3 is 14.5 Å². The normalized spacial score (nSPS) is 10.5. The lowest BCUT2D eigenvalue weighted by Crippen LogP contribution is -2.46. The maximum Gasteiger partial charge on any atom is 0.305 e. The van der Waals surface area contributed by atoms with Crippen molar-refractivity contribution >= 4 is 34.2 Å². The minimum Gasteiger partial charge on any atom is -0.497 e. The molecule has 0 aliphatic rings. The van der Waals surface area contributed by atoms with Crippen LogP contribution in [0.4, 0.5) is 4.39 Å². The van der Waals surface area contributed by atoms with E-state index in [1.54, 1.807) is 14.0 Å².